The Kier molecular flexibility index (Phi) is 2.74. The number of fused-ring (bicyclic) bond motifs is 1. The molecule has 1 aromatic carbocycles. The Morgan fingerprint density at radius 1 is 1.10 bits per heavy atom. The van der Waals surface area contributed by atoms with Gasteiger partial charge in [0.25, 0.3) is 0 Å². The van der Waals surface area contributed by atoms with Crippen molar-refractivity contribution in [1.82, 2.24) is 4.98 Å². The quantitative estimate of drug-likeness (QED) is 0.751. The largest absolute Gasteiger partial charge is 0.449 e. The fourth-order valence-electron chi connectivity index (χ4n) is 2.16. The lowest BCUT2D eigenvalue weighted by atomic mass is 9.97. The number of carbonyl (C=O) groups is 1. The van der Waals surface area contributed by atoms with E-state index in [1.54, 1.807) is 12.1 Å². The first-order valence-electron chi connectivity index (χ1n) is 5.79. The average Bonchev–Trinajstić information content (AvgIpc) is 2.76. The van der Waals surface area contributed by atoms with Crippen molar-refractivity contribution in [3.63, 3.8) is 0 Å². The predicted molar refractivity (Wildman–Crippen MR) is 62.9 cm³/mol. The molecular formula is C14H8F3NO2. The molecule has 3 rings (SSSR count). The summed E-state index contributed by atoms with van der Waals surface area (Å²) in [6, 6.07) is 6.21. The zero-order valence-electron chi connectivity index (χ0n) is 10.0. The van der Waals surface area contributed by atoms with Crippen LogP contribution in [0.5, 0.6) is 0 Å². The fraction of sp³-hybridized carbons (Fsp3) is 0.143. The fourth-order valence-corrected chi connectivity index (χ4v) is 2.16. The van der Waals surface area contributed by atoms with Gasteiger partial charge in [0.2, 0.25) is 0 Å². The zero-order valence-corrected chi connectivity index (χ0v) is 10.0. The second-order valence-electron chi connectivity index (χ2n) is 4.37. The first-order valence-corrected chi connectivity index (χ1v) is 5.79. The normalized spacial score (nSPS) is 17.8. The first kappa shape index (κ1) is 12.7. The molecule has 1 aliphatic rings. The van der Waals surface area contributed by atoms with Gasteiger partial charge in [-0.2, -0.15) is 13.2 Å². The molecule has 0 saturated carbocycles. The van der Waals surface area contributed by atoms with Gasteiger partial charge in [0.05, 0.1) is 11.1 Å². The summed E-state index contributed by atoms with van der Waals surface area (Å²) < 4.78 is 43.4. The van der Waals surface area contributed by atoms with Crippen molar-refractivity contribution in [2.24, 2.45) is 0 Å². The molecule has 2 heterocycles. The number of rotatable bonds is 1. The molecule has 0 bridgehead atoms. The molecule has 1 unspecified atom stereocenters. The maximum atomic E-state index is 12.7. The van der Waals surface area contributed by atoms with Crippen LogP contribution in [0.15, 0.2) is 42.7 Å². The number of esters is 1. The van der Waals surface area contributed by atoms with Crippen molar-refractivity contribution in [2.45, 2.75) is 12.3 Å². The molecule has 0 spiro atoms. The summed E-state index contributed by atoms with van der Waals surface area (Å²) in [4.78, 5) is 15.5. The number of hydrogen-bond donors (Lipinski definition) is 0. The maximum absolute atomic E-state index is 12.7. The van der Waals surface area contributed by atoms with Crippen molar-refractivity contribution >= 4 is 5.97 Å². The summed E-state index contributed by atoms with van der Waals surface area (Å²) in [5.41, 5.74) is 0.191. The standard InChI is InChI=1S/C14H8F3NO2/c15-14(16,17)9-1-2-10-11(7-9)12(20-13(10)19)8-3-5-18-6-4-8/h1-7,12H. The zero-order chi connectivity index (χ0) is 14.3. The van der Waals surface area contributed by atoms with Crippen molar-refractivity contribution in [3.05, 3.63) is 65.0 Å². The summed E-state index contributed by atoms with van der Waals surface area (Å²) in [6.45, 7) is 0. The number of nitrogens with zero attached hydrogens (tertiary/aromatic N) is 1. The van der Waals surface area contributed by atoms with Crippen LogP contribution in [0, 0.1) is 0 Å². The van der Waals surface area contributed by atoms with Crippen molar-refractivity contribution in [1.29, 1.82) is 0 Å². The second kappa shape index (κ2) is 4.33. The minimum Gasteiger partial charge on any atom is -0.449 e. The average molecular weight is 279 g/mol. The third-order valence-corrected chi connectivity index (χ3v) is 3.12. The summed E-state index contributed by atoms with van der Waals surface area (Å²) in [5, 5.41) is 0. The van der Waals surface area contributed by atoms with Gasteiger partial charge in [-0.1, -0.05) is 0 Å². The van der Waals surface area contributed by atoms with E-state index in [1.165, 1.54) is 12.4 Å². The summed E-state index contributed by atoms with van der Waals surface area (Å²) >= 11 is 0. The summed E-state index contributed by atoms with van der Waals surface area (Å²) in [7, 11) is 0. The van der Waals surface area contributed by atoms with Crippen LogP contribution in [0.3, 0.4) is 0 Å². The van der Waals surface area contributed by atoms with Gasteiger partial charge in [-0.15, -0.1) is 0 Å². The number of ether oxygens (including phenoxy) is 1. The highest BCUT2D eigenvalue weighted by Crippen LogP contribution is 2.39. The van der Waals surface area contributed by atoms with Gasteiger partial charge >= 0.3 is 12.1 Å². The monoisotopic (exact) mass is 279 g/mol. The van der Waals surface area contributed by atoms with Gasteiger partial charge in [-0.05, 0) is 30.3 Å². The number of hydrogen-bond acceptors (Lipinski definition) is 3. The molecule has 0 aliphatic carbocycles. The molecule has 2 aromatic rings. The van der Waals surface area contributed by atoms with Crippen LogP contribution in [0.1, 0.15) is 33.2 Å². The third kappa shape index (κ3) is 2.03. The minimum absolute atomic E-state index is 0.166. The van der Waals surface area contributed by atoms with Crippen LogP contribution in [0.4, 0.5) is 13.2 Å². The van der Waals surface area contributed by atoms with E-state index >= 15 is 0 Å². The molecular weight excluding hydrogens is 271 g/mol. The molecule has 0 N–H and O–H groups in total. The van der Waals surface area contributed by atoms with Crippen LogP contribution in [0.2, 0.25) is 0 Å². The maximum Gasteiger partial charge on any atom is 0.416 e. The number of halogens is 3. The molecule has 102 valence electrons. The molecule has 0 fully saturated rings. The minimum atomic E-state index is -4.45. The lowest BCUT2D eigenvalue weighted by Gasteiger charge is -2.12. The Hall–Kier alpha value is -2.37. The lowest BCUT2D eigenvalue weighted by Crippen LogP contribution is -2.07. The Balaban J connectivity index is 2.11. The Labute approximate surface area is 112 Å². The predicted octanol–water partition coefficient (Wildman–Crippen LogP) is 3.36. The first-order chi connectivity index (χ1) is 9.47. The summed E-state index contributed by atoms with van der Waals surface area (Å²) in [6.07, 6.45) is -2.28. The molecule has 6 heteroatoms. The van der Waals surface area contributed by atoms with Crippen LogP contribution in [-0.4, -0.2) is 11.0 Å². The number of cyclic esters (lactones) is 1. The highest BCUT2D eigenvalue weighted by Gasteiger charge is 2.37. The molecule has 1 atom stereocenters. The smallest absolute Gasteiger partial charge is 0.416 e. The topological polar surface area (TPSA) is 39.2 Å². The van der Waals surface area contributed by atoms with Crippen LogP contribution in [0.25, 0.3) is 0 Å². The summed E-state index contributed by atoms with van der Waals surface area (Å²) in [5.74, 6) is -0.615. The van der Waals surface area contributed by atoms with Crippen molar-refractivity contribution < 1.29 is 22.7 Å². The van der Waals surface area contributed by atoms with E-state index in [-0.39, 0.29) is 11.1 Å². The highest BCUT2D eigenvalue weighted by atomic mass is 19.4. The number of carbonyl (C=O) groups excluding carboxylic acids is 1. The molecule has 0 radical (unpaired) electrons. The van der Waals surface area contributed by atoms with Crippen LogP contribution < -0.4 is 0 Å². The van der Waals surface area contributed by atoms with Gasteiger partial charge in [0, 0.05) is 23.5 Å². The van der Waals surface area contributed by atoms with E-state index in [0.717, 1.165) is 18.2 Å². The van der Waals surface area contributed by atoms with Gasteiger partial charge in [0.1, 0.15) is 0 Å². The third-order valence-electron chi connectivity index (χ3n) is 3.12. The highest BCUT2D eigenvalue weighted by molar-refractivity contribution is 5.94. The Morgan fingerprint density at radius 2 is 1.80 bits per heavy atom. The molecule has 0 saturated heterocycles. The van der Waals surface area contributed by atoms with E-state index in [1.807, 2.05) is 0 Å². The van der Waals surface area contributed by atoms with E-state index in [2.05, 4.69) is 4.98 Å². The number of benzene rings is 1. The SMILES string of the molecule is O=C1OC(c2ccncc2)c2cc(C(F)(F)F)ccc21. The van der Waals surface area contributed by atoms with Crippen LogP contribution in [-0.2, 0) is 10.9 Å². The Morgan fingerprint density at radius 3 is 2.45 bits per heavy atom. The van der Waals surface area contributed by atoms with Gasteiger partial charge in [-0.3, -0.25) is 4.98 Å². The van der Waals surface area contributed by atoms with Crippen LogP contribution >= 0.6 is 0 Å². The molecule has 0 amide bonds. The van der Waals surface area contributed by atoms with E-state index in [4.69, 9.17) is 4.74 Å². The number of alkyl halides is 3. The number of pyridine rings is 1. The van der Waals surface area contributed by atoms with Crippen molar-refractivity contribution in [2.75, 3.05) is 0 Å². The number of aromatic nitrogens is 1. The van der Waals surface area contributed by atoms with Crippen molar-refractivity contribution in [3.8, 4) is 0 Å². The van der Waals surface area contributed by atoms with E-state index in [0.29, 0.717) is 5.56 Å². The second-order valence-corrected chi connectivity index (χ2v) is 4.37. The molecule has 1 aromatic heterocycles. The lowest BCUT2D eigenvalue weighted by molar-refractivity contribution is -0.137. The Bertz CT molecular complexity index is 668. The molecule has 1 aliphatic heterocycles. The molecule has 20 heavy (non-hydrogen) atoms. The van der Waals surface area contributed by atoms with Gasteiger partial charge in [-0.25, -0.2) is 4.79 Å². The van der Waals surface area contributed by atoms with Gasteiger partial charge in [0.15, 0.2) is 6.10 Å². The van der Waals surface area contributed by atoms with E-state index < -0.39 is 23.8 Å². The van der Waals surface area contributed by atoms with Gasteiger partial charge < -0.3 is 4.74 Å². The van der Waals surface area contributed by atoms with E-state index in [9.17, 15) is 18.0 Å². The molecule has 3 nitrogen and oxygen atoms in total.